The van der Waals surface area contributed by atoms with Crippen LogP contribution in [0.5, 0.6) is 11.5 Å². The Bertz CT molecular complexity index is 945. The average molecular weight is 399 g/mol. The third-order valence-corrected chi connectivity index (χ3v) is 5.51. The molecular formula is C22H25NO6. The topological polar surface area (TPSA) is 78.2 Å². The number of piperidine rings is 1. The molecular weight excluding hydrogens is 374 g/mol. The third kappa shape index (κ3) is 4.00. The summed E-state index contributed by atoms with van der Waals surface area (Å²) in [6.45, 7) is 3.92. The Morgan fingerprint density at radius 2 is 1.93 bits per heavy atom. The van der Waals surface area contributed by atoms with E-state index in [0.29, 0.717) is 48.4 Å². The summed E-state index contributed by atoms with van der Waals surface area (Å²) in [6.07, 6.45) is 1.20. The third-order valence-electron chi connectivity index (χ3n) is 5.51. The maximum Gasteiger partial charge on any atom is 0.349 e. The van der Waals surface area contributed by atoms with Crippen LogP contribution >= 0.6 is 0 Å². The van der Waals surface area contributed by atoms with E-state index in [0.717, 1.165) is 12.8 Å². The van der Waals surface area contributed by atoms with Gasteiger partial charge in [0.2, 0.25) is 0 Å². The number of fused-ring (bicyclic) bond motifs is 1. The number of hydrogen-bond donors (Lipinski definition) is 0. The fourth-order valence-corrected chi connectivity index (χ4v) is 3.90. The van der Waals surface area contributed by atoms with Gasteiger partial charge in [-0.25, -0.2) is 4.79 Å². The van der Waals surface area contributed by atoms with Crippen LogP contribution in [0.2, 0.25) is 0 Å². The molecule has 0 radical (unpaired) electrons. The molecule has 0 saturated carbocycles. The van der Waals surface area contributed by atoms with Gasteiger partial charge in [0.05, 0.1) is 0 Å². The Balaban J connectivity index is 1.51. The van der Waals surface area contributed by atoms with Gasteiger partial charge in [-0.2, -0.15) is 0 Å². The molecule has 7 heteroatoms. The fourth-order valence-electron chi connectivity index (χ4n) is 3.90. The van der Waals surface area contributed by atoms with E-state index >= 15 is 0 Å². The standard InChI is InChI=1S/C22H25NO6/c1-14-11-18(19-13-27-16-5-3-4-6-17(16)28-19)29-22(25)20(14)21(24)23-9-7-15(8-10-23)12-26-2/h3-6,11,15,19H,7-10,12-13H2,1-2H3. The summed E-state index contributed by atoms with van der Waals surface area (Å²) in [4.78, 5) is 27.3. The van der Waals surface area contributed by atoms with Crippen LogP contribution in [0, 0.1) is 12.8 Å². The largest absolute Gasteiger partial charge is 0.485 e. The fraction of sp³-hybridized carbons (Fsp3) is 0.455. The Hall–Kier alpha value is -2.80. The van der Waals surface area contributed by atoms with Crippen LogP contribution in [-0.4, -0.2) is 44.2 Å². The van der Waals surface area contributed by atoms with Gasteiger partial charge in [0, 0.05) is 26.8 Å². The van der Waals surface area contributed by atoms with E-state index in [2.05, 4.69) is 0 Å². The first kappa shape index (κ1) is 19.5. The van der Waals surface area contributed by atoms with Crippen LogP contribution in [0.25, 0.3) is 0 Å². The maximum absolute atomic E-state index is 12.9. The van der Waals surface area contributed by atoms with Gasteiger partial charge in [0.1, 0.15) is 12.2 Å². The van der Waals surface area contributed by atoms with Gasteiger partial charge in [0.25, 0.3) is 5.91 Å². The van der Waals surface area contributed by atoms with Crippen molar-refractivity contribution in [3.63, 3.8) is 0 Å². The maximum atomic E-state index is 12.9. The molecule has 1 aromatic heterocycles. The van der Waals surface area contributed by atoms with Gasteiger partial charge in [-0.05, 0) is 49.4 Å². The highest BCUT2D eigenvalue weighted by Gasteiger charge is 2.30. The summed E-state index contributed by atoms with van der Waals surface area (Å²) in [7, 11) is 1.69. The first-order valence-corrected chi connectivity index (χ1v) is 9.88. The van der Waals surface area contributed by atoms with Crippen molar-refractivity contribution >= 4 is 5.91 Å². The lowest BCUT2D eigenvalue weighted by atomic mass is 9.97. The predicted molar refractivity (Wildman–Crippen MR) is 106 cm³/mol. The number of ether oxygens (including phenoxy) is 3. The van der Waals surface area contributed by atoms with E-state index in [9.17, 15) is 9.59 Å². The van der Waals surface area contributed by atoms with E-state index in [4.69, 9.17) is 18.6 Å². The number of benzene rings is 1. The number of rotatable bonds is 4. The molecule has 2 aliphatic rings. The monoisotopic (exact) mass is 399 g/mol. The summed E-state index contributed by atoms with van der Waals surface area (Å²) >= 11 is 0. The molecule has 0 N–H and O–H groups in total. The van der Waals surface area contributed by atoms with Crippen LogP contribution < -0.4 is 15.1 Å². The summed E-state index contributed by atoms with van der Waals surface area (Å²) in [5, 5.41) is 0. The molecule has 7 nitrogen and oxygen atoms in total. The molecule has 1 atom stereocenters. The van der Waals surface area contributed by atoms with Gasteiger partial charge < -0.3 is 23.5 Å². The first-order chi connectivity index (χ1) is 14.1. The number of likely N-dealkylation sites (tertiary alicyclic amines) is 1. The van der Waals surface area contributed by atoms with Crippen LogP contribution in [0.4, 0.5) is 0 Å². The molecule has 1 unspecified atom stereocenters. The molecule has 1 saturated heterocycles. The number of aryl methyl sites for hydroxylation is 1. The van der Waals surface area contributed by atoms with E-state index in [1.54, 1.807) is 31.1 Å². The lowest BCUT2D eigenvalue weighted by Crippen LogP contribution is -2.41. The number of hydrogen-bond acceptors (Lipinski definition) is 6. The molecule has 4 rings (SSSR count). The number of nitrogens with zero attached hydrogens (tertiary/aromatic N) is 1. The summed E-state index contributed by atoms with van der Waals surface area (Å²) in [5.74, 6) is 1.80. The van der Waals surface area contributed by atoms with Crippen molar-refractivity contribution in [2.75, 3.05) is 33.4 Å². The highest BCUT2D eigenvalue weighted by molar-refractivity contribution is 5.95. The lowest BCUT2D eigenvalue weighted by Gasteiger charge is -2.31. The second-order valence-corrected chi connectivity index (χ2v) is 7.55. The summed E-state index contributed by atoms with van der Waals surface area (Å²) in [6, 6.07) is 9.05. The molecule has 3 heterocycles. The predicted octanol–water partition coefficient (Wildman–Crippen LogP) is 2.96. The van der Waals surface area contributed by atoms with Gasteiger partial charge in [-0.3, -0.25) is 4.79 Å². The molecule has 2 aromatic rings. The Labute approximate surface area is 169 Å². The highest BCUT2D eigenvalue weighted by Crippen LogP contribution is 2.35. The quantitative estimate of drug-likeness (QED) is 0.787. The molecule has 1 fully saturated rings. The van der Waals surface area contributed by atoms with Crippen LogP contribution in [0.15, 0.2) is 39.5 Å². The van der Waals surface area contributed by atoms with Crippen molar-refractivity contribution in [2.24, 2.45) is 5.92 Å². The molecule has 0 aliphatic carbocycles. The number of methoxy groups -OCH3 is 1. The SMILES string of the molecule is COCC1CCN(C(=O)c2c(C)cc(C3COc4ccccc4O3)oc2=O)CC1. The van der Waals surface area contributed by atoms with E-state index in [-0.39, 0.29) is 18.1 Å². The minimum Gasteiger partial charge on any atom is -0.485 e. The lowest BCUT2D eigenvalue weighted by molar-refractivity contribution is 0.0599. The molecule has 0 bridgehead atoms. The number of carbonyl (C=O) groups is 1. The van der Waals surface area contributed by atoms with E-state index in [1.165, 1.54) is 0 Å². The average Bonchev–Trinajstić information content (AvgIpc) is 2.73. The van der Waals surface area contributed by atoms with Crippen molar-refractivity contribution < 1.29 is 23.4 Å². The van der Waals surface area contributed by atoms with Crippen molar-refractivity contribution in [1.29, 1.82) is 0 Å². The number of para-hydroxylation sites is 2. The highest BCUT2D eigenvalue weighted by atomic mass is 16.6. The molecule has 29 heavy (non-hydrogen) atoms. The Morgan fingerprint density at radius 3 is 2.62 bits per heavy atom. The van der Waals surface area contributed by atoms with Crippen molar-refractivity contribution in [3.8, 4) is 11.5 Å². The van der Waals surface area contributed by atoms with Crippen LogP contribution in [-0.2, 0) is 4.74 Å². The minimum absolute atomic E-state index is 0.0936. The van der Waals surface area contributed by atoms with Gasteiger partial charge in [0.15, 0.2) is 23.4 Å². The van der Waals surface area contributed by atoms with Crippen molar-refractivity contribution in [1.82, 2.24) is 4.90 Å². The second-order valence-electron chi connectivity index (χ2n) is 7.55. The molecule has 1 aromatic carbocycles. The van der Waals surface area contributed by atoms with Gasteiger partial charge in [-0.1, -0.05) is 12.1 Å². The van der Waals surface area contributed by atoms with Crippen LogP contribution in [0.3, 0.4) is 0 Å². The summed E-state index contributed by atoms with van der Waals surface area (Å²) < 4.78 is 22.3. The van der Waals surface area contributed by atoms with Crippen molar-refractivity contribution in [3.05, 3.63) is 57.6 Å². The van der Waals surface area contributed by atoms with E-state index < -0.39 is 11.7 Å². The first-order valence-electron chi connectivity index (χ1n) is 9.88. The molecule has 1 amide bonds. The zero-order valence-corrected chi connectivity index (χ0v) is 16.7. The second kappa shape index (κ2) is 8.29. The zero-order valence-electron chi connectivity index (χ0n) is 16.7. The number of carbonyl (C=O) groups excluding carboxylic acids is 1. The molecule has 0 spiro atoms. The molecule has 2 aliphatic heterocycles. The number of amides is 1. The van der Waals surface area contributed by atoms with Crippen molar-refractivity contribution in [2.45, 2.75) is 25.9 Å². The zero-order chi connectivity index (χ0) is 20.4. The normalized spacial score (nSPS) is 19.2. The van der Waals surface area contributed by atoms with Gasteiger partial charge in [-0.15, -0.1) is 0 Å². The smallest absolute Gasteiger partial charge is 0.349 e. The van der Waals surface area contributed by atoms with Crippen LogP contribution in [0.1, 0.15) is 40.6 Å². The Morgan fingerprint density at radius 1 is 1.21 bits per heavy atom. The molecule has 154 valence electrons. The Kier molecular flexibility index (Phi) is 5.58. The summed E-state index contributed by atoms with van der Waals surface area (Å²) in [5.41, 5.74) is 0.0465. The van der Waals surface area contributed by atoms with E-state index in [1.807, 2.05) is 18.2 Å². The van der Waals surface area contributed by atoms with Gasteiger partial charge >= 0.3 is 5.63 Å². The minimum atomic E-state index is -0.633.